The molecule has 3 rings (SSSR count). The van der Waals surface area contributed by atoms with Gasteiger partial charge in [0.15, 0.2) is 0 Å². The van der Waals surface area contributed by atoms with Crippen LogP contribution in [0.25, 0.3) is 28.4 Å². The molecular formula is C17H15BrFN5O. The van der Waals surface area contributed by atoms with Gasteiger partial charge in [0.2, 0.25) is 5.91 Å². The molecule has 6 nitrogen and oxygen atoms in total. The normalized spacial score (nSPS) is 11.9. The molecule has 0 aliphatic carbocycles. The highest BCUT2D eigenvalue weighted by Crippen LogP contribution is 2.39. The third kappa shape index (κ3) is 2.89. The SMILES string of the molecule is CC(=Cc1ccc(-c2c(Br)c3c(N)ncnc3n2C)c(F)c1)C(N)=O. The van der Waals surface area contributed by atoms with Crippen molar-refractivity contribution in [2.45, 2.75) is 6.92 Å². The highest BCUT2D eigenvalue weighted by molar-refractivity contribution is 9.10. The Morgan fingerprint density at radius 2 is 2.08 bits per heavy atom. The van der Waals surface area contributed by atoms with Gasteiger partial charge in [-0.1, -0.05) is 6.07 Å². The van der Waals surface area contributed by atoms with E-state index in [0.29, 0.717) is 43.7 Å². The molecule has 0 bridgehead atoms. The molecule has 0 spiro atoms. The van der Waals surface area contributed by atoms with E-state index in [1.54, 1.807) is 30.7 Å². The second-order valence-corrected chi connectivity index (χ2v) is 6.40. The predicted octanol–water partition coefficient (Wildman–Crippen LogP) is 3.01. The van der Waals surface area contributed by atoms with E-state index in [2.05, 4.69) is 25.9 Å². The van der Waals surface area contributed by atoms with Crippen molar-refractivity contribution in [2.75, 3.05) is 5.73 Å². The molecule has 0 radical (unpaired) electrons. The number of amides is 1. The molecule has 0 saturated carbocycles. The summed E-state index contributed by atoms with van der Waals surface area (Å²) >= 11 is 3.48. The first-order valence-corrected chi connectivity index (χ1v) is 8.13. The molecule has 4 N–H and O–H groups in total. The predicted molar refractivity (Wildman–Crippen MR) is 98.9 cm³/mol. The quantitative estimate of drug-likeness (QED) is 0.656. The minimum Gasteiger partial charge on any atom is -0.383 e. The molecule has 1 aromatic carbocycles. The number of hydrogen-bond donors (Lipinski definition) is 2. The highest BCUT2D eigenvalue weighted by Gasteiger charge is 2.20. The Morgan fingerprint density at radius 1 is 1.36 bits per heavy atom. The monoisotopic (exact) mass is 403 g/mol. The summed E-state index contributed by atoms with van der Waals surface area (Å²) in [6, 6.07) is 4.70. The molecule has 0 saturated heterocycles. The summed E-state index contributed by atoms with van der Waals surface area (Å²) in [6.07, 6.45) is 2.90. The molecule has 8 heteroatoms. The van der Waals surface area contributed by atoms with Crippen LogP contribution in [0.2, 0.25) is 0 Å². The van der Waals surface area contributed by atoms with E-state index < -0.39 is 11.7 Å². The fraction of sp³-hybridized carbons (Fsp3) is 0.118. The first kappa shape index (κ1) is 17.1. The van der Waals surface area contributed by atoms with Crippen molar-refractivity contribution in [2.24, 2.45) is 12.8 Å². The van der Waals surface area contributed by atoms with Gasteiger partial charge in [0, 0.05) is 18.2 Å². The van der Waals surface area contributed by atoms with Crippen LogP contribution in [0, 0.1) is 5.82 Å². The first-order valence-electron chi connectivity index (χ1n) is 7.33. The Hall–Kier alpha value is -2.74. The summed E-state index contributed by atoms with van der Waals surface area (Å²) in [7, 11) is 1.78. The molecule has 0 atom stereocenters. The van der Waals surface area contributed by atoms with Crippen molar-refractivity contribution >= 4 is 44.8 Å². The molecule has 0 aliphatic rings. The minimum atomic E-state index is -0.546. The number of carbonyl (C=O) groups excluding carboxylic acids is 1. The number of halogens is 2. The zero-order chi connectivity index (χ0) is 18.3. The van der Waals surface area contributed by atoms with Gasteiger partial charge in [-0.2, -0.15) is 0 Å². The van der Waals surface area contributed by atoms with Gasteiger partial charge in [0.25, 0.3) is 0 Å². The molecular weight excluding hydrogens is 389 g/mol. The number of benzene rings is 1. The largest absolute Gasteiger partial charge is 0.383 e. The molecule has 25 heavy (non-hydrogen) atoms. The molecule has 0 unspecified atom stereocenters. The number of anilines is 1. The van der Waals surface area contributed by atoms with Crippen LogP contribution < -0.4 is 11.5 Å². The first-order chi connectivity index (χ1) is 11.8. The van der Waals surface area contributed by atoms with E-state index in [1.807, 2.05) is 0 Å². The van der Waals surface area contributed by atoms with Gasteiger partial charge in [0.1, 0.15) is 23.6 Å². The van der Waals surface area contributed by atoms with Crippen LogP contribution >= 0.6 is 15.9 Å². The lowest BCUT2D eigenvalue weighted by Gasteiger charge is -2.08. The lowest BCUT2D eigenvalue weighted by atomic mass is 10.1. The molecule has 128 valence electrons. The van der Waals surface area contributed by atoms with Crippen LogP contribution in [0.4, 0.5) is 10.2 Å². The van der Waals surface area contributed by atoms with Crippen LogP contribution in [0.15, 0.2) is 34.6 Å². The Labute approximate surface area is 151 Å². The van der Waals surface area contributed by atoms with Crippen LogP contribution in [0.1, 0.15) is 12.5 Å². The van der Waals surface area contributed by atoms with Crippen molar-refractivity contribution in [1.82, 2.24) is 14.5 Å². The van der Waals surface area contributed by atoms with E-state index in [1.165, 1.54) is 18.5 Å². The standard InChI is InChI=1S/C17H15BrFN5O/c1-8(16(21)25)5-9-3-4-10(11(19)6-9)14-13(18)12-15(20)22-7-23-17(12)24(14)2/h3-7H,1-2H3,(H2,21,25)(H2,20,22,23). The van der Waals surface area contributed by atoms with Gasteiger partial charge in [0.05, 0.1) is 15.6 Å². The number of fused-ring (bicyclic) bond motifs is 1. The zero-order valence-corrected chi connectivity index (χ0v) is 15.1. The van der Waals surface area contributed by atoms with E-state index in [9.17, 15) is 9.18 Å². The summed E-state index contributed by atoms with van der Waals surface area (Å²) in [5.41, 5.74) is 13.6. The summed E-state index contributed by atoms with van der Waals surface area (Å²) < 4.78 is 17.1. The fourth-order valence-electron chi connectivity index (χ4n) is 2.66. The number of rotatable bonds is 3. The minimum absolute atomic E-state index is 0.316. The molecule has 1 amide bonds. The van der Waals surface area contributed by atoms with Crippen molar-refractivity contribution in [3.05, 3.63) is 46.0 Å². The molecule has 0 aliphatic heterocycles. The Bertz CT molecular complexity index is 1040. The average Bonchev–Trinajstić information content (AvgIpc) is 2.80. The van der Waals surface area contributed by atoms with Gasteiger partial charge in [-0.3, -0.25) is 4.79 Å². The summed E-state index contributed by atoms with van der Waals surface area (Å²) in [5.74, 6) is -0.671. The number of carbonyl (C=O) groups is 1. The lowest BCUT2D eigenvalue weighted by Crippen LogP contribution is -2.11. The van der Waals surface area contributed by atoms with E-state index in [4.69, 9.17) is 11.5 Å². The summed E-state index contributed by atoms with van der Waals surface area (Å²) in [5, 5.41) is 0.632. The Kier molecular flexibility index (Phi) is 4.30. The van der Waals surface area contributed by atoms with Crippen molar-refractivity contribution in [3.8, 4) is 11.3 Å². The van der Waals surface area contributed by atoms with Crippen LogP contribution in [-0.2, 0) is 11.8 Å². The van der Waals surface area contributed by atoms with Crippen molar-refractivity contribution < 1.29 is 9.18 Å². The van der Waals surface area contributed by atoms with Crippen molar-refractivity contribution in [3.63, 3.8) is 0 Å². The van der Waals surface area contributed by atoms with Gasteiger partial charge >= 0.3 is 0 Å². The van der Waals surface area contributed by atoms with E-state index in [-0.39, 0.29) is 0 Å². The Morgan fingerprint density at radius 3 is 2.68 bits per heavy atom. The highest BCUT2D eigenvalue weighted by atomic mass is 79.9. The summed E-state index contributed by atoms with van der Waals surface area (Å²) in [4.78, 5) is 19.3. The van der Waals surface area contributed by atoms with Gasteiger partial charge in [-0.15, -0.1) is 0 Å². The number of hydrogen-bond acceptors (Lipinski definition) is 4. The average molecular weight is 404 g/mol. The number of nitrogen functional groups attached to an aromatic ring is 1. The maximum absolute atomic E-state index is 14.7. The van der Waals surface area contributed by atoms with Crippen LogP contribution in [0.3, 0.4) is 0 Å². The van der Waals surface area contributed by atoms with Crippen LogP contribution in [-0.4, -0.2) is 20.4 Å². The molecule has 2 aromatic heterocycles. The van der Waals surface area contributed by atoms with E-state index >= 15 is 0 Å². The topological polar surface area (TPSA) is 99.8 Å². The number of aromatic nitrogens is 3. The Balaban J connectivity index is 2.18. The maximum atomic E-state index is 14.7. The van der Waals surface area contributed by atoms with Gasteiger partial charge in [-0.25, -0.2) is 14.4 Å². The summed E-state index contributed by atoms with van der Waals surface area (Å²) in [6.45, 7) is 1.58. The molecule has 2 heterocycles. The second-order valence-electron chi connectivity index (χ2n) is 5.61. The number of aryl methyl sites for hydroxylation is 1. The van der Waals surface area contributed by atoms with Gasteiger partial charge < -0.3 is 16.0 Å². The zero-order valence-electron chi connectivity index (χ0n) is 13.5. The van der Waals surface area contributed by atoms with Crippen molar-refractivity contribution in [1.29, 1.82) is 0 Å². The smallest absolute Gasteiger partial charge is 0.244 e. The number of nitrogens with zero attached hydrogens (tertiary/aromatic N) is 3. The molecule has 3 aromatic rings. The lowest BCUT2D eigenvalue weighted by molar-refractivity contribution is -0.114. The second kappa shape index (κ2) is 6.29. The van der Waals surface area contributed by atoms with Gasteiger partial charge in [-0.05, 0) is 46.6 Å². The van der Waals surface area contributed by atoms with Crippen LogP contribution in [0.5, 0.6) is 0 Å². The number of nitrogens with two attached hydrogens (primary N) is 2. The van der Waals surface area contributed by atoms with E-state index in [0.717, 1.165) is 0 Å². The molecule has 0 fully saturated rings. The third-order valence-corrected chi connectivity index (χ3v) is 4.73. The third-order valence-electron chi connectivity index (χ3n) is 3.96. The maximum Gasteiger partial charge on any atom is 0.244 e. The number of primary amides is 1. The fourth-order valence-corrected chi connectivity index (χ4v) is 3.52.